The van der Waals surface area contributed by atoms with Crippen LogP contribution in [0.4, 0.5) is 10.2 Å². The van der Waals surface area contributed by atoms with E-state index >= 15 is 0 Å². The number of thiazole rings is 1. The average molecular weight is 409 g/mol. The molecule has 0 unspecified atom stereocenters. The molecular formula is C22H20FN3O2S. The topological polar surface area (TPSA) is 55.6 Å². The SMILES string of the molecule is CCOc1ccccc1CCC(=O)Nc1c(-c2ccc(F)cc2)nc2sccn12. The van der Waals surface area contributed by atoms with Crippen LogP contribution in [0.2, 0.25) is 0 Å². The fourth-order valence-electron chi connectivity index (χ4n) is 3.16. The van der Waals surface area contributed by atoms with E-state index in [0.717, 1.165) is 21.8 Å². The lowest BCUT2D eigenvalue weighted by Gasteiger charge is -2.10. The number of nitrogens with zero attached hydrogens (tertiary/aromatic N) is 2. The lowest BCUT2D eigenvalue weighted by molar-refractivity contribution is -0.116. The van der Waals surface area contributed by atoms with Crippen molar-refractivity contribution in [2.75, 3.05) is 11.9 Å². The van der Waals surface area contributed by atoms with E-state index in [4.69, 9.17) is 4.74 Å². The lowest BCUT2D eigenvalue weighted by atomic mass is 10.1. The van der Waals surface area contributed by atoms with Crippen LogP contribution in [0.3, 0.4) is 0 Å². The zero-order valence-electron chi connectivity index (χ0n) is 15.9. The number of rotatable bonds is 7. The van der Waals surface area contributed by atoms with Gasteiger partial charge in [-0.05, 0) is 49.2 Å². The molecule has 0 spiro atoms. The number of aryl methyl sites for hydroxylation is 1. The number of fused-ring (bicyclic) bond motifs is 1. The molecule has 0 aliphatic heterocycles. The van der Waals surface area contributed by atoms with E-state index in [1.807, 2.05) is 47.2 Å². The number of ether oxygens (including phenoxy) is 1. The van der Waals surface area contributed by atoms with Crippen LogP contribution in [0, 0.1) is 5.82 Å². The summed E-state index contributed by atoms with van der Waals surface area (Å²) in [6.45, 7) is 2.52. The molecule has 0 radical (unpaired) electrons. The van der Waals surface area contributed by atoms with Crippen molar-refractivity contribution in [3.8, 4) is 17.0 Å². The Morgan fingerprint density at radius 1 is 1.21 bits per heavy atom. The summed E-state index contributed by atoms with van der Waals surface area (Å²) in [5.41, 5.74) is 2.37. The molecule has 148 valence electrons. The molecule has 0 fully saturated rings. The van der Waals surface area contributed by atoms with Crippen LogP contribution in [0.15, 0.2) is 60.1 Å². The first-order chi connectivity index (χ1) is 14.2. The minimum absolute atomic E-state index is 0.118. The fraction of sp³-hybridized carbons (Fsp3) is 0.182. The number of benzene rings is 2. The number of carbonyl (C=O) groups excluding carboxylic acids is 1. The Morgan fingerprint density at radius 3 is 2.79 bits per heavy atom. The highest BCUT2D eigenvalue weighted by atomic mass is 32.1. The molecule has 2 aromatic heterocycles. The average Bonchev–Trinajstić information content (AvgIpc) is 3.31. The molecule has 4 rings (SSSR count). The molecule has 0 saturated heterocycles. The predicted molar refractivity (Wildman–Crippen MR) is 113 cm³/mol. The molecule has 7 heteroatoms. The minimum atomic E-state index is -0.312. The molecule has 0 saturated carbocycles. The second-order valence-corrected chi connectivity index (χ2v) is 7.33. The monoisotopic (exact) mass is 409 g/mol. The third-order valence-electron chi connectivity index (χ3n) is 4.53. The molecule has 2 heterocycles. The number of para-hydroxylation sites is 1. The zero-order chi connectivity index (χ0) is 20.2. The van der Waals surface area contributed by atoms with Gasteiger partial charge in [0.15, 0.2) is 4.96 Å². The van der Waals surface area contributed by atoms with Gasteiger partial charge in [0.2, 0.25) is 5.91 Å². The second-order valence-electron chi connectivity index (χ2n) is 6.46. The van der Waals surface area contributed by atoms with Crippen molar-refractivity contribution in [2.24, 2.45) is 0 Å². The Hall–Kier alpha value is -3.19. The van der Waals surface area contributed by atoms with Crippen LogP contribution in [0.25, 0.3) is 16.2 Å². The Morgan fingerprint density at radius 2 is 2.00 bits per heavy atom. The molecule has 0 atom stereocenters. The number of aromatic nitrogens is 2. The Labute approximate surface area is 171 Å². The summed E-state index contributed by atoms with van der Waals surface area (Å²) in [5.74, 6) is 0.969. The number of nitrogens with one attached hydrogen (secondary N) is 1. The normalized spacial score (nSPS) is 11.0. The van der Waals surface area contributed by atoms with Crippen molar-refractivity contribution < 1.29 is 13.9 Å². The molecular weight excluding hydrogens is 389 g/mol. The number of halogens is 1. The summed E-state index contributed by atoms with van der Waals surface area (Å²) < 4.78 is 20.8. The summed E-state index contributed by atoms with van der Waals surface area (Å²) >= 11 is 1.47. The highest BCUT2D eigenvalue weighted by molar-refractivity contribution is 7.15. The number of anilines is 1. The number of imidazole rings is 1. The molecule has 0 bridgehead atoms. The molecule has 2 aromatic carbocycles. The van der Waals surface area contributed by atoms with Crippen molar-refractivity contribution in [3.05, 3.63) is 71.5 Å². The smallest absolute Gasteiger partial charge is 0.225 e. The van der Waals surface area contributed by atoms with Crippen molar-refractivity contribution in [2.45, 2.75) is 19.8 Å². The van der Waals surface area contributed by atoms with Gasteiger partial charge in [-0.1, -0.05) is 18.2 Å². The van der Waals surface area contributed by atoms with Crippen LogP contribution in [-0.4, -0.2) is 21.9 Å². The van der Waals surface area contributed by atoms with Gasteiger partial charge >= 0.3 is 0 Å². The molecule has 1 N–H and O–H groups in total. The third-order valence-corrected chi connectivity index (χ3v) is 5.29. The van der Waals surface area contributed by atoms with Gasteiger partial charge in [-0.2, -0.15) is 0 Å². The zero-order valence-corrected chi connectivity index (χ0v) is 16.7. The maximum Gasteiger partial charge on any atom is 0.225 e. The van der Waals surface area contributed by atoms with Crippen molar-refractivity contribution in [1.82, 2.24) is 9.38 Å². The summed E-state index contributed by atoms with van der Waals surface area (Å²) in [7, 11) is 0. The second kappa shape index (κ2) is 8.45. The highest BCUT2D eigenvalue weighted by Gasteiger charge is 2.17. The van der Waals surface area contributed by atoms with E-state index in [1.165, 1.54) is 23.5 Å². The number of hydrogen-bond donors (Lipinski definition) is 1. The van der Waals surface area contributed by atoms with Gasteiger partial charge in [0.05, 0.1) is 6.61 Å². The van der Waals surface area contributed by atoms with Gasteiger partial charge < -0.3 is 10.1 Å². The van der Waals surface area contributed by atoms with Gasteiger partial charge in [-0.15, -0.1) is 11.3 Å². The van der Waals surface area contributed by atoms with Gasteiger partial charge in [-0.25, -0.2) is 9.37 Å². The maximum absolute atomic E-state index is 13.3. The van der Waals surface area contributed by atoms with E-state index in [2.05, 4.69) is 10.3 Å². The van der Waals surface area contributed by atoms with Crippen molar-refractivity contribution >= 4 is 28.0 Å². The first-order valence-corrected chi connectivity index (χ1v) is 10.3. The molecule has 0 aliphatic carbocycles. The first-order valence-electron chi connectivity index (χ1n) is 9.37. The summed E-state index contributed by atoms with van der Waals surface area (Å²) in [6.07, 6.45) is 2.74. The highest BCUT2D eigenvalue weighted by Crippen LogP contribution is 2.31. The maximum atomic E-state index is 13.3. The Balaban J connectivity index is 1.54. The van der Waals surface area contributed by atoms with Crippen LogP contribution >= 0.6 is 11.3 Å². The standard InChI is InChI=1S/C22H20FN3O2S/c1-2-28-18-6-4-3-5-15(18)9-12-19(27)24-21-20(16-7-10-17(23)11-8-16)25-22-26(21)13-14-29-22/h3-8,10-11,13-14H,2,9,12H2,1H3,(H,24,27). The summed E-state index contributed by atoms with van der Waals surface area (Å²) in [4.78, 5) is 18.1. The first kappa shape index (κ1) is 19.1. The predicted octanol–water partition coefficient (Wildman–Crippen LogP) is 5.17. The Bertz CT molecular complexity index is 1130. The fourth-order valence-corrected chi connectivity index (χ4v) is 3.88. The van der Waals surface area contributed by atoms with Gasteiger partial charge in [0, 0.05) is 23.6 Å². The van der Waals surface area contributed by atoms with Crippen LogP contribution < -0.4 is 10.1 Å². The van der Waals surface area contributed by atoms with Crippen LogP contribution in [0.1, 0.15) is 18.9 Å². The summed E-state index contributed by atoms with van der Waals surface area (Å²) in [6, 6.07) is 13.8. The molecule has 29 heavy (non-hydrogen) atoms. The number of amides is 1. The van der Waals surface area contributed by atoms with Gasteiger partial charge in [-0.3, -0.25) is 9.20 Å². The number of hydrogen-bond acceptors (Lipinski definition) is 4. The lowest BCUT2D eigenvalue weighted by Crippen LogP contribution is -2.14. The van der Waals surface area contributed by atoms with Gasteiger partial charge in [0.25, 0.3) is 0 Å². The molecule has 1 amide bonds. The van der Waals surface area contributed by atoms with E-state index < -0.39 is 0 Å². The molecule has 4 aromatic rings. The van der Waals surface area contributed by atoms with E-state index in [1.54, 1.807) is 12.1 Å². The van der Waals surface area contributed by atoms with E-state index in [0.29, 0.717) is 31.0 Å². The van der Waals surface area contributed by atoms with Crippen molar-refractivity contribution in [1.29, 1.82) is 0 Å². The van der Waals surface area contributed by atoms with Crippen LogP contribution in [-0.2, 0) is 11.2 Å². The largest absolute Gasteiger partial charge is 0.494 e. The minimum Gasteiger partial charge on any atom is -0.494 e. The van der Waals surface area contributed by atoms with E-state index in [-0.39, 0.29) is 11.7 Å². The number of carbonyl (C=O) groups is 1. The van der Waals surface area contributed by atoms with Crippen molar-refractivity contribution in [3.63, 3.8) is 0 Å². The molecule has 5 nitrogen and oxygen atoms in total. The summed E-state index contributed by atoms with van der Waals surface area (Å²) in [5, 5.41) is 4.90. The molecule has 0 aliphatic rings. The van der Waals surface area contributed by atoms with E-state index in [9.17, 15) is 9.18 Å². The Kier molecular flexibility index (Phi) is 5.57. The van der Waals surface area contributed by atoms with Gasteiger partial charge in [0.1, 0.15) is 23.1 Å². The van der Waals surface area contributed by atoms with Crippen LogP contribution in [0.5, 0.6) is 5.75 Å². The quantitative estimate of drug-likeness (QED) is 0.458. The third kappa shape index (κ3) is 4.14.